The first kappa shape index (κ1) is 17.6. The van der Waals surface area contributed by atoms with Crippen LogP contribution in [0.3, 0.4) is 0 Å². The summed E-state index contributed by atoms with van der Waals surface area (Å²) in [5, 5.41) is 0. The summed E-state index contributed by atoms with van der Waals surface area (Å²) in [7, 11) is 0. The lowest BCUT2D eigenvalue weighted by molar-refractivity contribution is 0.0701. The number of imidazole rings is 1. The van der Waals surface area contributed by atoms with Gasteiger partial charge in [0.25, 0.3) is 5.91 Å². The van der Waals surface area contributed by atoms with Gasteiger partial charge in [-0.15, -0.1) is 0 Å². The highest BCUT2D eigenvalue weighted by atomic mass is 16.6. The molecule has 0 unspecified atom stereocenters. The first-order valence-corrected chi connectivity index (χ1v) is 10.5. The van der Waals surface area contributed by atoms with Gasteiger partial charge in [0.1, 0.15) is 19.0 Å². The number of nitrogens with zero attached hydrogens (tertiary/aromatic N) is 3. The summed E-state index contributed by atoms with van der Waals surface area (Å²) in [6, 6.07) is 5.50. The van der Waals surface area contributed by atoms with Gasteiger partial charge in [0, 0.05) is 43.5 Å². The Bertz CT molecular complexity index is 858. The fraction of sp³-hybridized carbons (Fsp3) is 0.545. The van der Waals surface area contributed by atoms with Gasteiger partial charge >= 0.3 is 0 Å². The molecule has 0 spiro atoms. The molecule has 1 saturated heterocycles. The van der Waals surface area contributed by atoms with E-state index in [9.17, 15) is 4.79 Å². The number of hydrogen-bond donors (Lipinski definition) is 0. The molecule has 148 valence electrons. The minimum atomic E-state index is 0.0683. The van der Waals surface area contributed by atoms with E-state index in [0.29, 0.717) is 30.4 Å². The van der Waals surface area contributed by atoms with Crippen LogP contribution in [0, 0.1) is 5.92 Å². The van der Waals surface area contributed by atoms with Crippen LogP contribution >= 0.6 is 0 Å². The van der Waals surface area contributed by atoms with E-state index in [4.69, 9.17) is 9.47 Å². The summed E-state index contributed by atoms with van der Waals surface area (Å²) in [5.41, 5.74) is 0.669. The third kappa shape index (κ3) is 3.36. The van der Waals surface area contributed by atoms with Crippen LogP contribution in [-0.4, -0.2) is 46.7 Å². The zero-order chi connectivity index (χ0) is 18.9. The Balaban J connectivity index is 1.30. The highest BCUT2D eigenvalue weighted by Crippen LogP contribution is 2.33. The molecule has 6 nitrogen and oxygen atoms in total. The van der Waals surface area contributed by atoms with E-state index in [2.05, 4.69) is 15.7 Å². The fourth-order valence-corrected chi connectivity index (χ4v) is 4.52. The van der Waals surface area contributed by atoms with Gasteiger partial charge in [-0.05, 0) is 49.8 Å². The SMILES string of the molecule is O=C(c1ccc2c(c1)OCCO2)N1CCC[C@@H](c2nccn2CC2CCC2)C1. The van der Waals surface area contributed by atoms with Crippen LogP contribution in [0.5, 0.6) is 11.5 Å². The molecular weight excluding hydrogens is 354 g/mol. The molecule has 2 fully saturated rings. The van der Waals surface area contributed by atoms with E-state index in [-0.39, 0.29) is 5.91 Å². The topological polar surface area (TPSA) is 56.6 Å². The van der Waals surface area contributed by atoms with Crippen molar-refractivity contribution in [2.24, 2.45) is 5.92 Å². The van der Waals surface area contributed by atoms with Crippen molar-refractivity contribution < 1.29 is 14.3 Å². The molecule has 3 heterocycles. The van der Waals surface area contributed by atoms with Crippen molar-refractivity contribution in [2.45, 2.75) is 44.6 Å². The van der Waals surface area contributed by atoms with Crippen molar-refractivity contribution in [3.63, 3.8) is 0 Å². The summed E-state index contributed by atoms with van der Waals surface area (Å²) < 4.78 is 13.5. The quantitative estimate of drug-likeness (QED) is 0.814. The molecule has 1 saturated carbocycles. The maximum Gasteiger partial charge on any atom is 0.254 e. The Hall–Kier alpha value is -2.50. The van der Waals surface area contributed by atoms with Crippen LogP contribution in [0.2, 0.25) is 0 Å². The molecule has 1 aromatic heterocycles. The van der Waals surface area contributed by atoms with Crippen LogP contribution in [0.25, 0.3) is 0 Å². The summed E-state index contributed by atoms with van der Waals surface area (Å²) in [6.07, 6.45) is 10.1. The molecule has 1 amide bonds. The molecule has 6 heteroatoms. The van der Waals surface area contributed by atoms with E-state index in [1.165, 1.54) is 19.3 Å². The first-order valence-electron chi connectivity index (χ1n) is 10.5. The zero-order valence-corrected chi connectivity index (χ0v) is 16.2. The van der Waals surface area contributed by atoms with Crippen molar-refractivity contribution in [3.05, 3.63) is 42.0 Å². The average Bonchev–Trinajstić information content (AvgIpc) is 3.18. The second kappa shape index (κ2) is 7.49. The van der Waals surface area contributed by atoms with E-state index >= 15 is 0 Å². The summed E-state index contributed by atoms with van der Waals surface area (Å²) >= 11 is 0. The molecule has 1 atom stereocenters. The number of likely N-dealkylation sites (tertiary alicyclic amines) is 1. The number of amides is 1. The van der Waals surface area contributed by atoms with Crippen LogP contribution < -0.4 is 9.47 Å². The number of piperidine rings is 1. The monoisotopic (exact) mass is 381 g/mol. The van der Waals surface area contributed by atoms with Gasteiger partial charge in [0.2, 0.25) is 0 Å². The van der Waals surface area contributed by atoms with Gasteiger partial charge in [0.05, 0.1) is 0 Å². The Morgan fingerprint density at radius 3 is 2.79 bits per heavy atom. The smallest absolute Gasteiger partial charge is 0.254 e. The van der Waals surface area contributed by atoms with E-state index in [0.717, 1.165) is 50.0 Å². The summed E-state index contributed by atoms with van der Waals surface area (Å²) in [5.74, 6) is 3.71. The Morgan fingerprint density at radius 2 is 1.96 bits per heavy atom. The number of ether oxygens (including phenoxy) is 2. The van der Waals surface area contributed by atoms with E-state index in [1.807, 2.05) is 29.3 Å². The predicted octanol–water partition coefficient (Wildman–Crippen LogP) is 3.47. The number of fused-ring (bicyclic) bond motifs is 1. The molecule has 2 aliphatic heterocycles. The number of carbonyl (C=O) groups excluding carboxylic acids is 1. The van der Waals surface area contributed by atoms with Gasteiger partial charge in [-0.3, -0.25) is 4.79 Å². The molecule has 1 aliphatic carbocycles. The lowest BCUT2D eigenvalue weighted by Gasteiger charge is -2.34. The van der Waals surface area contributed by atoms with E-state index < -0.39 is 0 Å². The number of hydrogen-bond acceptors (Lipinski definition) is 4. The Labute approximate surface area is 165 Å². The summed E-state index contributed by atoms with van der Waals surface area (Å²) in [4.78, 5) is 19.8. The van der Waals surface area contributed by atoms with Crippen molar-refractivity contribution in [1.29, 1.82) is 0 Å². The molecule has 0 bridgehead atoms. The van der Waals surface area contributed by atoms with Gasteiger partial charge < -0.3 is 18.9 Å². The molecule has 2 aromatic rings. The number of carbonyl (C=O) groups is 1. The van der Waals surface area contributed by atoms with Crippen molar-refractivity contribution in [3.8, 4) is 11.5 Å². The molecule has 0 radical (unpaired) electrons. The average molecular weight is 381 g/mol. The van der Waals surface area contributed by atoms with Gasteiger partial charge in [-0.2, -0.15) is 0 Å². The van der Waals surface area contributed by atoms with Crippen LogP contribution in [-0.2, 0) is 6.54 Å². The second-order valence-electron chi connectivity index (χ2n) is 8.18. The minimum Gasteiger partial charge on any atom is -0.486 e. The van der Waals surface area contributed by atoms with Crippen LogP contribution in [0.15, 0.2) is 30.6 Å². The largest absolute Gasteiger partial charge is 0.486 e. The van der Waals surface area contributed by atoms with Crippen LogP contribution in [0.1, 0.15) is 54.2 Å². The zero-order valence-electron chi connectivity index (χ0n) is 16.2. The standard InChI is InChI=1S/C22H27N3O3/c26-22(17-6-7-19-20(13-17)28-12-11-27-19)25-9-2-5-18(15-25)21-23-8-10-24(21)14-16-3-1-4-16/h6-8,10,13,16,18H,1-5,9,11-12,14-15H2/t18-/m1/s1. The normalized spacial score (nSPS) is 22.0. The molecule has 3 aliphatic rings. The summed E-state index contributed by atoms with van der Waals surface area (Å²) in [6.45, 7) is 3.69. The molecule has 5 rings (SSSR count). The Morgan fingerprint density at radius 1 is 1.11 bits per heavy atom. The lowest BCUT2D eigenvalue weighted by atomic mass is 9.85. The van der Waals surface area contributed by atoms with Crippen molar-refractivity contribution in [2.75, 3.05) is 26.3 Å². The second-order valence-corrected chi connectivity index (χ2v) is 8.18. The lowest BCUT2D eigenvalue weighted by Crippen LogP contribution is -2.40. The maximum absolute atomic E-state index is 13.1. The number of benzene rings is 1. The number of aromatic nitrogens is 2. The minimum absolute atomic E-state index is 0.0683. The highest BCUT2D eigenvalue weighted by Gasteiger charge is 2.29. The third-order valence-electron chi connectivity index (χ3n) is 6.29. The van der Waals surface area contributed by atoms with Gasteiger partial charge in [-0.25, -0.2) is 4.98 Å². The predicted molar refractivity (Wildman–Crippen MR) is 105 cm³/mol. The fourth-order valence-electron chi connectivity index (χ4n) is 4.52. The highest BCUT2D eigenvalue weighted by molar-refractivity contribution is 5.95. The Kier molecular flexibility index (Phi) is 4.71. The molecule has 0 N–H and O–H groups in total. The van der Waals surface area contributed by atoms with Gasteiger partial charge in [0.15, 0.2) is 11.5 Å². The number of rotatable bonds is 4. The first-order chi connectivity index (χ1) is 13.8. The molecule has 28 heavy (non-hydrogen) atoms. The molecule has 1 aromatic carbocycles. The van der Waals surface area contributed by atoms with Crippen molar-refractivity contribution in [1.82, 2.24) is 14.5 Å². The van der Waals surface area contributed by atoms with Crippen molar-refractivity contribution >= 4 is 5.91 Å². The maximum atomic E-state index is 13.1. The molecular formula is C22H27N3O3. The van der Waals surface area contributed by atoms with E-state index in [1.54, 1.807) is 0 Å². The van der Waals surface area contributed by atoms with Gasteiger partial charge in [-0.1, -0.05) is 6.42 Å². The van der Waals surface area contributed by atoms with Crippen LogP contribution in [0.4, 0.5) is 0 Å². The third-order valence-corrected chi connectivity index (χ3v) is 6.29.